The summed E-state index contributed by atoms with van der Waals surface area (Å²) in [6.07, 6.45) is 1.31. The lowest BCUT2D eigenvalue weighted by molar-refractivity contribution is 0.412. The Morgan fingerprint density at radius 2 is 2.50 bits per heavy atom. The van der Waals surface area contributed by atoms with Gasteiger partial charge in [-0.05, 0) is 17.5 Å². The smallest absolute Gasteiger partial charge is 0.213 e. The first-order chi connectivity index (χ1) is 7.90. The van der Waals surface area contributed by atoms with Crippen LogP contribution in [0.1, 0.15) is 5.82 Å². The second-order valence-electron chi connectivity index (χ2n) is 2.92. The Kier molecular flexibility index (Phi) is 3.83. The Morgan fingerprint density at radius 1 is 1.56 bits per heavy atom. The molecular weight excluding hydrogens is 230 g/mol. The molecule has 2 aromatic rings. The SMILES string of the molecule is CNCCn1nnnc1SCc1ncon1. The van der Waals surface area contributed by atoms with E-state index in [1.807, 2.05) is 7.05 Å². The van der Waals surface area contributed by atoms with Crippen LogP contribution in [0.5, 0.6) is 0 Å². The summed E-state index contributed by atoms with van der Waals surface area (Å²) in [7, 11) is 1.89. The van der Waals surface area contributed by atoms with Crippen LogP contribution in [0.25, 0.3) is 0 Å². The van der Waals surface area contributed by atoms with Crippen LogP contribution in [0.15, 0.2) is 16.1 Å². The third-order valence-electron chi connectivity index (χ3n) is 1.81. The highest BCUT2D eigenvalue weighted by Gasteiger charge is 2.08. The average molecular weight is 241 g/mol. The van der Waals surface area contributed by atoms with Crippen LogP contribution in [0.3, 0.4) is 0 Å². The zero-order valence-corrected chi connectivity index (χ0v) is 9.51. The van der Waals surface area contributed by atoms with Crippen molar-refractivity contribution >= 4 is 11.8 Å². The molecule has 0 spiro atoms. The first-order valence-corrected chi connectivity index (χ1v) is 5.67. The van der Waals surface area contributed by atoms with Gasteiger partial charge in [0.25, 0.3) is 0 Å². The minimum atomic E-state index is 0.594. The number of aromatic nitrogens is 6. The van der Waals surface area contributed by atoms with Crippen molar-refractivity contribution < 1.29 is 4.52 Å². The summed E-state index contributed by atoms with van der Waals surface area (Å²) in [6, 6.07) is 0. The normalized spacial score (nSPS) is 10.8. The van der Waals surface area contributed by atoms with Gasteiger partial charge in [-0.2, -0.15) is 4.98 Å². The van der Waals surface area contributed by atoms with E-state index in [-0.39, 0.29) is 0 Å². The summed E-state index contributed by atoms with van der Waals surface area (Å²) in [5.74, 6) is 1.23. The maximum absolute atomic E-state index is 4.64. The van der Waals surface area contributed by atoms with Crippen LogP contribution in [0.4, 0.5) is 0 Å². The van der Waals surface area contributed by atoms with Crippen molar-refractivity contribution in [3.63, 3.8) is 0 Å². The molecule has 0 unspecified atom stereocenters. The van der Waals surface area contributed by atoms with Gasteiger partial charge in [-0.25, -0.2) is 4.68 Å². The lowest BCUT2D eigenvalue weighted by atomic mass is 10.6. The van der Waals surface area contributed by atoms with E-state index in [1.54, 1.807) is 4.68 Å². The third kappa shape index (κ3) is 2.76. The van der Waals surface area contributed by atoms with E-state index in [4.69, 9.17) is 0 Å². The summed E-state index contributed by atoms with van der Waals surface area (Å²) in [4.78, 5) is 3.92. The molecule has 8 nitrogen and oxygen atoms in total. The summed E-state index contributed by atoms with van der Waals surface area (Å²) in [6.45, 7) is 1.55. The van der Waals surface area contributed by atoms with Crippen molar-refractivity contribution in [1.82, 2.24) is 35.7 Å². The molecule has 0 aromatic carbocycles. The van der Waals surface area contributed by atoms with Gasteiger partial charge in [0.1, 0.15) is 0 Å². The highest BCUT2D eigenvalue weighted by molar-refractivity contribution is 7.98. The number of rotatable bonds is 6. The highest BCUT2D eigenvalue weighted by Crippen LogP contribution is 2.17. The number of tetrazole rings is 1. The van der Waals surface area contributed by atoms with E-state index in [1.165, 1.54) is 18.2 Å². The lowest BCUT2D eigenvalue weighted by Gasteiger charge is -2.01. The summed E-state index contributed by atoms with van der Waals surface area (Å²) in [5.41, 5.74) is 0. The maximum atomic E-state index is 4.64. The van der Waals surface area contributed by atoms with E-state index < -0.39 is 0 Å². The van der Waals surface area contributed by atoms with E-state index in [0.29, 0.717) is 11.6 Å². The Bertz CT molecular complexity index is 414. The van der Waals surface area contributed by atoms with Crippen molar-refractivity contribution in [1.29, 1.82) is 0 Å². The summed E-state index contributed by atoms with van der Waals surface area (Å²) in [5, 5.41) is 18.9. The first-order valence-electron chi connectivity index (χ1n) is 4.69. The van der Waals surface area contributed by atoms with Gasteiger partial charge in [-0.3, -0.25) is 0 Å². The molecule has 0 saturated heterocycles. The summed E-state index contributed by atoms with van der Waals surface area (Å²) >= 11 is 1.48. The lowest BCUT2D eigenvalue weighted by Crippen LogP contribution is -2.16. The van der Waals surface area contributed by atoms with Crippen LogP contribution >= 0.6 is 11.8 Å². The molecule has 0 aliphatic rings. The molecule has 16 heavy (non-hydrogen) atoms. The Balaban J connectivity index is 1.91. The second kappa shape index (κ2) is 5.56. The van der Waals surface area contributed by atoms with E-state index in [0.717, 1.165) is 18.2 Å². The molecule has 2 aromatic heterocycles. The van der Waals surface area contributed by atoms with Crippen LogP contribution in [-0.4, -0.2) is 43.9 Å². The highest BCUT2D eigenvalue weighted by atomic mass is 32.2. The molecule has 0 fully saturated rings. The van der Waals surface area contributed by atoms with Gasteiger partial charge >= 0.3 is 0 Å². The summed E-state index contributed by atoms with van der Waals surface area (Å²) < 4.78 is 6.37. The third-order valence-corrected chi connectivity index (χ3v) is 2.76. The first kappa shape index (κ1) is 11.0. The van der Waals surface area contributed by atoms with E-state index in [9.17, 15) is 0 Å². The number of hydrogen-bond acceptors (Lipinski definition) is 8. The van der Waals surface area contributed by atoms with Crippen LogP contribution < -0.4 is 5.32 Å². The predicted octanol–water partition coefficient (Wildman–Crippen LogP) is -0.432. The topological polar surface area (TPSA) is 94.6 Å². The van der Waals surface area contributed by atoms with E-state index >= 15 is 0 Å². The molecule has 86 valence electrons. The number of hydrogen-bond donors (Lipinski definition) is 1. The fourth-order valence-corrected chi connectivity index (χ4v) is 1.80. The minimum absolute atomic E-state index is 0.594. The number of likely N-dealkylation sites (N-methyl/N-ethyl adjacent to an activating group) is 1. The Labute approximate surface area is 95.8 Å². The second-order valence-corrected chi connectivity index (χ2v) is 3.87. The monoisotopic (exact) mass is 241 g/mol. The molecule has 0 bridgehead atoms. The van der Waals surface area contributed by atoms with Crippen molar-refractivity contribution in [2.75, 3.05) is 13.6 Å². The molecule has 9 heteroatoms. The van der Waals surface area contributed by atoms with Gasteiger partial charge in [-0.15, -0.1) is 5.10 Å². The van der Waals surface area contributed by atoms with Crippen LogP contribution in [0.2, 0.25) is 0 Å². The molecule has 0 amide bonds. The molecule has 0 atom stereocenters. The fourth-order valence-electron chi connectivity index (χ4n) is 1.04. The maximum Gasteiger partial charge on any atom is 0.213 e. The van der Waals surface area contributed by atoms with Gasteiger partial charge in [0.15, 0.2) is 5.82 Å². The number of nitrogens with one attached hydrogen (secondary N) is 1. The Hall–Kier alpha value is -1.48. The van der Waals surface area contributed by atoms with Gasteiger partial charge < -0.3 is 9.84 Å². The predicted molar refractivity (Wildman–Crippen MR) is 55.6 cm³/mol. The Morgan fingerprint density at radius 3 is 3.25 bits per heavy atom. The molecule has 1 N–H and O–H groups in total. The van der Waals surface area contributed by atoms with E-state index in [2.05, 4.69) is 35.5 Å². The molecule has 2 rings (SSSR count). The van der Waals surface area contributed by atoms with Gasteiger partial charge in [0.05, 0.1) is 12.3 Å². The molecule has 0 saturated carbocycles. The molecule has 0 aliphatic carbocycles. The van der Waals surface area contributed by atoms with Crippen molar-refractivity contribution in [2.24, 2.45) is 0 Å². The average Bonchev–Trinajstić information content (AvgIpc) is 2.94. The van der Waals surface area contributed by atoms with Crippen LogP contribution in [-0.2, 0) is 12.3 Å². The minimum Gasteiger partial charge on any atom is -0.343 e. The number of thioether (sulfide) groups is 1. The molecule has 2 heterocycles. The molecule has 0 radical (unpaired) electrons. The quantitative estimate of drug-likeness (QED) is 0.681. The van der Waals surface area contributed by atoms with Crippen LogP contribution in [0, 0.1) is 0 Å². The van der Waals surface area contributed by atoms with Crippen molar-refractivity contribution in [3.8, 4) is 0 Å². The largest absolute Gasteiger partial charge is 0.343 e. The zero-order chi connectivity index (χ0) is 11.2. The van der Waals surface area contributed by atoms with Gasteiger partial charge in [0, 0.05) is 6.54 Å². The van der Waals surface area contributed by atoms with Gasteiger partial charge in [-0.1, -0.05) is 16.9 Å². The van der Waals surface area contributed by atoms with Crippen molar-refractivity contribution in [3.05, 3.63) is 12.2 Å². The standard InChI is InChI=1S/C7H11N7OS/c1-8-2-3-14-7(10-12-13-14)16-4-6-9-5-15-11-6/h5,8H,2-4H2,1H3. The van der Waals surface area contributed by atoms with Gasteiger partial charge in [0.2, 0.25) is 11.6 Å². The molecular formula is C7H11N7OS. The fraction of sp³-hybridized carbons (Fsp3) is 0.571. The zero-order valence-electron chi connectivity index (χ0n) is 8.70. The molecule has 0 aliphatic heterocycles. The van der Waals surface area contributed by atoms with Crippen molar-refractivity contribution in [2.45, 2.75) is 17.5 Å². The number of nitrogens with zero attached hydrogens (tertiary/aromatic N) is 6.